The SMILES string of the molecule is NC1CCN(C(=O)c2csc(-c3ccc(Cl)cc3Cl)n2)C1. The van der Waals surface area contributed by atoms with Crippen LogP contribution in [-0.2, 0) is 0 Å². The smallest absolute Gasteiger partial charge is 0.273 e. The molecular formula is C14H13Cl2N3OS. The minimum absolute atomic E-state index is 0.0674. The van der Waals surface area contributed by atoms with Gasteiger partial charge in [0.05, 0.1) is 5.02 Å². The fraction of sp³-hybridized carbons (Fsp3) is 0.286. The van der Waals surface area contributed by atoms with Crippen LogP contribution in [0.1, 0.15) is 16.9 Å². The molecule has 21 heavy (non-hydrogen) atoms. The van der Waals surface area contributed by atoms with Crippen LogP contribution in [0.15, 0.2) is 23.6 Å². The van der Waals surface area contributed by atoms with Gasteiger partial charge in [-0.2, -0.15) is 0 Å². The number of likely N-dealkylation sites (tertiary alicyclic amines) is 1. The second kappa shape index (κ2) is 5.93. The molecule has 1 saturated heterocycles. The Hall–Kier alpha value is -1.14. The topological polar surface area (TPSA) is 59.2 Å². The zero-order chi connectivity index (χ0) is 15.0. The Kier molecular flexibility index (Phi) is 4.17. The average molecular weight is 342 g/mol. The third-order valence-corrected chi connectivity index (χ3v) is 4.82. The predicted molar refractivity (Wildman–Crippen MR) is 86.1 cm³/mol. The number of hydrogen-bond donors (Lipinski definition) is 1. The van der Waals surface area contributed by atoms with Crippen molar-refractivity contribution in [3.8, 4) is 10.6 Å². The minimum atomic E-state index is -0.0736. The van der Waals surface area contributed by atoms with Crippen LogP contribution in [0.3, 0.4) is 0 Å². The van der Waals surface area contributed by atoms with Crippen molar-refractivity contribution in [2.75, 3.05) is 13.1 Å². The largest absolute Gasteiger partial charge is 0.336 e. The Morgan fingerprint density at radius 1 is 1.43 bits per heavy atom. The van der Waals surface area contributed by atoms with E-state index in [0.29, 0.717) is 33.8 Å². The second-order valence-corrected chi connectivity index (χ2v) is 6.66. The van der Waals surface area contributed by atoms with Crippen LogP contribution in [0, 0.1) is 0 Å². The van der Waals surface area contributed by atoms with Gasteiger partial charge in [-0.15, -0.1) is 11.3 Å². The van der Waals surface area contributed by atoms with E-state index in [-0.39, 0.29) is 11.9 Å². The van der Waals surface area contributed by atoms with Crippen molar-refractivity contribution in [2.24, 2.45) is 5.73 Å². The molecule has 1 aliphatic heterocycles. The number of carbonyl (C=O) groups is 1. The zero-order valence-electron chi connectivity index (χ0n) is 11.1. The Labute approximate surface area is 136 Å². The predicted octanol–water partition coefficient (Wildman–Crippen LogP) is 3.29. The molecule has 1 amide bonds. The van der Waals surface area contributed by atoms with Crippen LogP contribution in [0.4, 0.5) is 0 Å². The van der Waals surface area contributed by atoms with Gasteiger partial charge in [0.1, 0.15) is 10.7 Å². The normalized spacial score (nSPS) is 18.2. The van der Waals surface area contributed by atoms with E-state index in [9.17, 15) is 4.79 Å². The van der Waals surface area contributed by atoms with Gasteiger partial charge in [0.15, 0.2) is 0 Å². The minimum Gasteiger partial charge on any atom is -0.336 e. The van der Waals surface area contributed by atoms with Gasteiger partial charge in [-0.05, 0) is 24.6 Å². The van der Waals surface area contributed by atoms with E-state index in [2.05, 4.69) is 4.98 Å². The standard InChI is InChI=1S/C14H13Cl2N3OS/c15-8-1-2-10(11(16)5-8)13-18-12(7-21-13)14(20)19-4-3-9(17)6-19/h1-2,5,7,9H,3-4,6,17H2. The summed E-state index contributed by atoms with van der Waals surface area (Å²) >= 11 is 13.4. The highest BCUT2D eigenvalue weighted by atomic mass is 35.5. The van der Waals surface area contributed by atoms with Gasteiger partial charge in [0.25, 0.3) is 5.91 Å². The Morgan fingerprint density at radius 2 is 2.24 bits per heavy atom. The number of aromatic nitrogens is 1. The first kappa shape index (κ1) is 14.8. The van der Waals surface area contributed by atoms with Crippen molar-refractivity contribution in [3.63, 3.8) is 0 Å². The van der Waals surface area contributed by atoms with E-state index in [0.717, 1.165) is 12.0 Å². The summed E-state index contributed by atoms with van der Waals surface area (Å²) in [5, 5.41) is 3.57. The Bertz CT molecular complexity index is 689. The van der Waals surface area contributed by atoms with Gasteiger partial charge < -0.3 is 10.6 Å². The lowest BCUT2D eigenvalue weighted by Crippen LogP contribution is -2.32. The Balaban J connectivity index is 1.84. The summed E-state index contributed by atoms with van der Waals surface area (Å²) in [6, 6.07) is 5.30. The highest BCUT2D eigenvalue weighted by Gasteiger charge is 2.26. The van der Waals surface area contributed by atoms with Gasteiger partial charge >= 0.3 is 0 Å². The first-order valence-corrected chi connectivity index (χ1v) is 8.14. The number of carbonyl (C=O) groups excluding carboxylic acids is 1. The lowest BCUT2D eigenvalue weighted by Gasteiger charge is -2.13. The van der Waals surface area contributed by atoms with Crippen molar-refractivity contribution in [2.45, 2.75) is 12.5 Å². The molecule has 2 aromatic rings. The molecule has 0 spiro atoms. The molecule has 1 aromatic carbocycles. The van der Waals surface area contributed by atoms with Crippen LogP contribution in [0.25, 0.3) is 10.6 Å². The molecule has 3 rings (SSSR count). The first-order chi connectivity index (χ1) is 10.0. The zero-order valence-corrected chi connectivity index (χ0v) is 13.4. The monoisotopic (exact) mass is 341 g/mol. The second-order valence-electron chi connectivity index (χ2n) is 4.96. The van der Waals surface area contributed by atoms with Gasteiger partial charge in [-0.25, -0.2) is 4.98 Å². The molecule has 1 atom stereocenters. The van der Waals surface area contributed by atoms with Crippen molar-refractivity contribution in [1.82, 2.24) is 9.88 Å². The Morgan fingerprint density at radius 3 is 2.90 bits per heavy atom. The van der Waals surface area contributed by atoms with E-state index in [4.69, 9.17) is 28.9 Å². The van der Waals surface area contributed by atoms with E-state index >= 15 is 0 Å². The van der Waals surface area contributed by atoms with Crippen LogP contribution >= 0.6 is 34.5 Å². The maximum Gasteiger partial charge on any atom is 0.273 e. The van der Waals surface area contributed by atoms with Crippen LogP contribution in [0.5, 0.6) is 0 Å². The van der Waals surface area contributed by atoms with Crippen molar-refractivity contribution >= 4 is 40.4 Å². The number of hydrogen-bond acceptors (Lipinski definition) is 4. The average Bonchev–Trinajstić information content (AvgIpc) is 3.07. The van der Waals surface area contributed by atoms with E-state index < -0.39 is 0 Å². The number of benzene rings is 1. The summed E-state index contributed by atoms with van der Waals surface area (Å²) in [4.78, 5) is 18.5. The highest BCUT2D eigenvalue weighted by Crippen LogP contribution is 2.32. The van der Waals surface area contributed by atoms with Gasteiger partial charge in [0, 0.05) is 35.1 Å². The molecular weight excluding hydrogens is 329 g/mol. The fourth-order valence-corrected chi connectivity index (χ4v) is 3.68. The third-order valence-electron chi connectivity index (χ3n) is 3.40. The molecule has 7 heteroatoms. The van der Waals surface area contributed by atoms with Crippen molar-refractivity contribution in [3.05, 3.63) is 39.3 Å². The molecule has 0 aliphatic carbocycles. The van der Waals surface area contributed by atoms with Crippen LogP contribution in [-0.4, -0.2) is 34.9 Å². The molecule has 1 unspecified atom stereocenters. The van der Waals surface area contributed by atoms with E-state index in [1.807, 2.05) is 6.07 Å². The number of nitrogens with zero attached hydrogens (tertiary/aromatic N) is 2. The summed E-state index contributed by atoms with van der Waals surface area (Å²) in [5.41, 5.74) is 7.05. The lowest BCUT2D eigenvalue weighted by molar-refractivity contribution is 0.0786. The molecule has 2 heterocycles. The number of amides is 1. The number of thiazole rings is 1. The molecule has 0 radical (unpaired) electrons. The summed E-state index contributed by atoms with van der Waals surface area (Å²) < 4.78 is 0. The van der Waals surface area contributed by atoms with Crippen LogP contribution < -0.4 is 5.73 Å². The summed E-state index contributed by atoms with van der Waals surface area (Å²) in [5.74, 6) is -0.0736. The lowest BCUT2D eigenvalue weighted by atomic mass is 10.2. The van der Waals surface area contributed by atoms with Gasteiger partial charge in [0.2, 0.25) is 0 Å². The summed E-state index contributed by atoms with van der Waals surface area (Å²) in [6.07, 6.45) is 0.839. The summed E-state index contributed by atoms with van der Waals surface area (Å²) in [6.45, 7) is 1.28. The summed E-state index contributed by atoms with van der Waals surface area (Å²) in [7, 11) is 0. The van der Waals surface area contributed by atoms with E-state index in [1.165, 1.54) is 11.3 Å². The van der Waals surface area contributed by atoms with Gasteiger partial charge in [-0.1, -0.05) is 23.2 Å². The maximum atomic E-state index is 12.3. The molecule has 2 N–H and O–H groups in total. The molecule has 1 aliphatic rings. The molecule has 110 valence electrons. The van der Waals surface area contributed by atoms with Gasteiger partial charge in [-0.3, -0.25) is 4.79 Å². The number of rotatable bonds is 2. The van der Waals surface area contributed by atoms with Crippen molar-refractivity contribution < 1.29 is 4.79 Å². The number of halogens is 2. The maximum absolute atomic E-state index is 12.3. The first-order valence-electron chi connectivity index (χ1n) is 6.50. The quantitative estimate of drug-likeness (QED) is 0.911. The molecule has 1 aromatic heterocycles. The van der Waals surface area contributed by atoms with Crippen LogP contribution in [0.2, 0.25) is 10.0 Å². The van der Waals surface area contributed by atoms with Crippen molar-refractivity contribution in [1.29, 1.82) is 0 Å². The molecule has 4 nitrogen and oxygen atoms in total. The third kappa shape index (κ3) is 3.06. The van der Waals surface area contributed by atoms with E-state index in [1.54, 1.807) is 22.4 Å². The fourth-order valence-electron chi connectivity index (χ4n) is 2.29. The molecule has 0 saturated carbocycles. The highest BCUT2D eigenvalue weighted by molar-refractivity contribution is 7.13. The number of nitrogens with two attached hydrogens (primary N) is 1. The molecule has 1 fully saturated rings. The molecule has 0 bridgehead atoms.